The van der Waals surface area contributed by atoms with Crippen LogP contribution in [0.4, 0.5) is 0 Å². The van der Waals surface area contributed by atoms with E-state index >= 15 is 0 Å². The Morgan fingerprint density at radius 2 is 2.50 bits per heavy atom. The van der Waals surface area contributed by atoms with Crippen LogP contribution < -0.4 is 11.3 Å². The Balaban J connectivity index is 2.74. The lowest BCUT2D eigenvalue weighted by molar-refractivity contribution is 0.611. The van der Waals surface area contributed by atoms with Crippen LogP contribution in [0, 0.1) is 6.92 Å². The van der Waals surface area contributed by atoms with Crippen molar-refractivity contribution in [1.29, 1.82) is 0 Å². The van der Waals surface area contributed by atoms with E-state index in [9.17, 15) is 0 Å². The highest BCUT2D eigenvalue weighted by molar-refractivity contribution is 7.11. The van der Waals surface area contributed by atoms with Gasteiger partial charge in [-0.15, -0.1) is 11.3 Å². The molecule has 3 nitrogen and oxygen atoms in total. The highest BCUT2D eigenvalue weighted by atomic mass is 32.1. The molecule has 0 bridgehead atoms. The van der Waals surface area contributed by atoms with Crippen molar-refractivity contribution in [2.24, 2.45) is 5.84 Å². The van der Waals surface area contributed by atoms with Gasteiger partial charge in [0.2, 0.25) is 0 Å². The minimum atomic E-state index is 0.214. The maximum Gasteiger partial charge on any atom is 0.0897 e. The van der Waals surface area contributed by atoms with Gasteiger partial charge in [0, 0.05) is 11.1 Å². The second-order valence-corrected chi connectivity index (χ2v) is 3.44. The van der Waals surface area contributed by atoms with Gasteiger partial charge in [0.25, 0.3) is 0 Å². The topological polar surface area (TPSA) is 50.9 Å². The average Bonchev–Trinajstić information content (AvgIpc) is 2.34. The molecule has 4 heteroatoms. The minimum absolute atomic E-state index is 0.214. The quantitative estimate of drug-likeness (QED) is 0.497. The molecule has 1 aromatic heterocycles. The van der Waals surface area contributed by atoms with E-state index in [-0.39, 0.29) is 6.04 Å². The number of thiazole rings is 1. The Kier molecular flexibility index (Phi) is 2.37. The molecule has 1 atom stereocenters. The number of hydrazine groups is 1. The van der Waals surface area contributed by atoms with Crippen LogP contribution in [-0.4, -0.2) is 4.98 Å². The molecular formula is C6H11N3S. The summed E-state index contributed by atoms with van der Waals surface area (Å²) in [7, 11) is 0. The Hall–Kier alpha value is -0.450. The largest absolute Gasteiger partial charge is 0.271 e. The second kappa shape index (κ2) is 3.09. The van der Waals surface area contributed by atoms with E-state index in [1.807, 2.05) is 20.0 Å². The number of nitrogens with zero attached hydrogens (tertiary/aromatic N) is 1. The van der Waals surface area contributed by atoms with Gasteiger partial charge < -0.3 is 0 Å². The lowest BCUT2D eigenvalue weighted by Gasteiger charge is -2.03. The summed E-state index contributed by atoms with van der Waals surface area (Å²) < 4.78 is 0. The predicted molar refractivity (Wildman–Crippen MR) is 42.6 cm³/mol. The second-order valence-electron chi connectivity index (χ2n) is 2.17. The van der Waals surface area contributed by atoms with Crippen LogP contribution in [0.1, 0.15) is 22.9 Å². The number of nitrogens with one attached hydrogen (secondary N) is 1. The van der Waals surface area contributed by atoms with Crippen molar-refractivity contribution >= 4 is 11.3 Å². The van der Waals surface area contributed by atoms with E-state index < -0.39 is 0 Å². The summed E-state index contributed by atoms with van der Waals surface area (Å²) in [6.45, 7) is 3.99. The standard InChI is InChI=1S/C6H11N3S/c1-4(9-7)6-3-8-5(2)10-6/h3-4,9H,7H2,1-2H3. The predicted octanol–water partition coefficient (Wildman–Crippen LogP) is 0.976. The maximum atomic E-state index is 5.24. The normalized spacial score (nSPS) is 13.5. The molecule has 0 spiro atoms. The maximum absolute atomic E-state index is 5.24. The van der Waals surface area contributed by atoms with Crippen molar-refractivity contribution < 1.29 is 0 Å². The van der Waals surface area contributed by atoms with E-state index in [4.69, 9.17) is 5.84 Å². The van der Waals surface area contributed by atoms with Gasteiger partial charge in [0.15, 0.2) is 0 Å². The van der Waals surface area contributed by atoms with Crippen molar-refractivity contribution in [2.75, 3.05) is 0 Å². The third kappa shape index (κ3) is 1.53. The molecule has 0 aliphatic carbocycles. The number of hydrogen-bond acceptors (Lipinski definition) is 4. The molecule has 0 amide bonds. The summed E-state index contributed by atoms with van der Waals surface area (Å²) in [4.78, 5) is 5.29. The zero-order chi connectivity index (χ0) is 7.56. The summed E-state index contributed by atoms with van der Waals surface area (Å²) in [5.41, 5.74) is 2.66. The zero-order valence-corrected chi connectivity index (χ0v) is 6.90. The molecule has 0 aromatic carbocycles. The van der Waals surface area contributed by atoms with Gasteiger partial charge in [-0.2, -0.15) is 0 Å². The molecule has 0 radical (unpaired) electrons. The number of rotatable bonds is 2. The highest BCUT2D eigenvalue weighted by Gasteiger charge is 2.04. The van der Waals surface area contributed by atoms with Crippen molar-refractivity contribution in [1.82, 2.24) is 10.4 Å². The van der Waals surface area contributed by atoms with Crippen LogP contribution in [0.25, 0.3) is 0 Å². The molecule has 3 N–H and O–H groups in total. The van der Waals surface area contributed by atoms with Crippen LogP contribution >= 0.6 is 11.3 Å². The number of aromatic nitrogens is 1. The average molecular weight is 157 g/mol. The Morgan fingerprint density at radius 1 is 1.80 bits per heavy atom. The van der Waals surface area contributed by atoms with Gasteiger partial charge in [-0.3, -0.25) is 11.3 Å². The molecule has 0 saturated carbocycles. The number of aryl methyl sites for hydroxylation is 1. The summed E-state index contributed by atoms with van der Waals surface area (Å²) in [5, 5.41) is 1.08. The molecule has 0 fully saturated rings. The van der Waals surface area contributed by atoms with E-state index in [0.717, 1.165) is 5.01 Å². The van der Waals surface area contributed by atoms with Gasteiger partial charge in [0.1, 0.15) is 0 Å². The van der Waals surface area contributed by atoms with Crippen LogP contribution in [0.2, 0.25) is 0 Å². The first-order valence-electron chi connectivity index (χ1n) is 3.12. The summed E-state index contributed by atoms with van der Waals surface area (Å²) in [6.07, 6.45) is 1.85. The van der Waals surface area contributed by atoms with Crippen LogP contribution in [-0.2, 0) is 0 Å². The van der Waals surface area contributed by atoms with Gasteiger partial charge in [0.05, 0.1) is 11.0 Å². The Labute approximate surface area is 64.2 Å². The molecule has 0 aliphatic heterocycles. The molecule has 10 heavy (non-hydrogen) atoms. The monoisotopic (exact) mass is 157 g/mol. The van der Waals surface area contributed by atoms with E-state index in [2.05, 4.69) is 10.4 Å². The minimum Gasteiger partial charge on any atom is -0.271 e. The number of nitrogens with two attached hydrogens (primary N) is 1. The Bertz CT molecular complexity index is 209. The summed E-state index contributed by atoms with van der Waals surface area (Å²) in [5.74, 6) is 5.24. The lowest BCUT2D eigenvalue weighted by Crippen LogP contribution is -2.24. The van der Waals surface area contributed by atoms with Crippen molar-refractivity contribution in [2.45, 2.75) is 19.9 Å². The van der Waals surface area contributed by atoms with E-state index in [0.29, 0.717) is 0 Å². The van der Waals surface area contributed by atoms with Crippen molar-refractivity contribution in [3.63, 3.8) is 0 Å². The first-order valence-corrected chi connectivity index (χ1v) is 3.94. The highest BCUT2D eigenvalue weighted by Crippen LogP contribution is 2.18. The van der Waals surface area contributed by atoms with Gasteiger partial charge in [-0.25, -0.2) is 4.98 Å². The van der Waals surface area contributed by atoms with Gasteiger partial charge in [-0.05, 0) is 13.8 Å². The fourth-order valence-electron chi connectivity index (χ4n) is 0.660. The molecule has 1 heterocycles. The summed E-state index contributed by atoms with van der Waals surface area (Å²) in [6, 6.07) is 0.214. The molecule has 1 unspecified atom stereocenters. The molecule has 1 rings (SSSR count). The van der Waals surface area contributed by atoms with E-state index in [1.54, 1.807) is 11.3 Å². The molecule has 56 valence electrons. The summed E-state index contributed by atoms with van der Waals surface area (Å²) >= 11 is 1.67. The first-order chi connectivity index (χ1) is 4.74. The van der Waals surface area contributed by atoms with Crippen molar-refractivity contribution in [3.05, 3.63) is 16.1 Å². The SMILES string of the molecule is Cc1ncc(C(C)NN)s1. The number of hydrogen-bond donors (Lipinski definition) is 2. The third-order valence-corrected chi connectivity index (χ3v) is 2.41. The van der Waals surface area contributed by atoms with Crippen LogP contribution in [0.3, 0.4) is 0 Å². The lowest BCUT2D eigenvalue weighted by atomic mass is 10.3. The molecule has 0 aliphatic rings. The van der Waals surface area contributed by atoms with Gasteiger partial charge in [-0.1, -0.05) is 0 Å². The molecule has 0 saturated heterocycles. The molecule has 1 aromatic rings. The third-order valence-electron chi connectivity index (χ3n) is 1.32. The van der Waals surface area contributed by atoms with E-state index in [1.165, 1.54) is 4.88 Å². The van der Waals surface area contributed by atoms with Gasteiger partial charge >= 0.3 is 0 Å². The fraction of sp³-hybridized carbons (Fsp3) is 0.500. The Morgan fingerprint density at radius 3 is 2.90 bits per heavy atom. The fourth-order valence-corrected chi connectivity index (χ4v) is 1.46. The zero-order valence-electron chi connectivity index (χ0n) is 6.09. The van der Waals surface area contributed by atoms with Crippen molar-refractivity contribution in [3.8, 4) is 0 Å². The molecular weight excluding hydrogens is 146 g/mol. The van der Waals surface area contributed by atoms with Crippen LogP contribution in [0.15, 0.2) is 6.20 Å². The first kappa shape index (κ1) is 7.65. The smallest absolute Gasteiger partial charge is 0.0897 e. The van der Waals surface area contributed by atoms with Crippen LogP contribution in [0.5, 0.6) is 0 Å².